The summed E-state index contributed by atoms with van der Waals surface area (Å²) in [7, 11) is 1.69. The third-order valence-corrected chi connectivity index (χ3v) is 3.48. The highest BCUT2D eigenvalue weighted by Gasteiger charge is 2.08. The first kappa shape index (κ1) is 19.4. The van der Waals surface area contributed by atoms with Crippen LogP contribution in [0.15, 0.2) is 33.8 Å². The summed E-state index contributed by atoms with van der Waals surface area (Å²) in [5.74, 6) is 1.25. The molecular weight excluding hydrogens is 410 g/mol. The second kappa shape index (κ2) is 9.49. The Hall–Kier alpha value is -1.64. The predicted molar refractivity (Wildman–Crippen MR) is 99.7 cm³/mol. The molecule has 2 N–H and O–H groups in total. The van der Waals surface area contributed by atoms with E-state index in [9.17, 15) is 4.39 Å². The van der Waals surface area contributed by atoms with E-state index in [1.54, 1.807) is 19.2 Å². The van der Waals surface area contributed by atoms with Gasteiger partial charge in [-0.15, -0.1) is 24.0 Å². The van der Waals surface area contributed by atoms with Crippen LogP contribution in [0.25, 0.3) is 0 Å². The van der Waals surface area contributed by atoms with Gasteiger partial charge in [-0.2, -0.15) is 0 Å². The molecule has 1 aromatic carbocycles. The summed E-state index contributed by atoms with van der Waals surface area (Å²) in [6.07, 6.45) is 0.793. The second-order valence-corrected chi connectivity index (χ2v) is 5.00. The number of aliphatic imine (C=N–C) groups is 1. The smallest absolute Gasteiger partial charge is 0.191 e. The van der Waals surface area contributed by atoms with Gasteiger partial charge in [0.15, 0.2) is 5.96 Å². The van der Waals surface area contributed by atoms with Gasteiger partial charge in [-0.3, -0.25) is 4.99 Å². The van der Waals surface area contributed by atoms with Gasteiger partial charge in [0.25, 0.3) is 0 Å². The number of aryl methyl sites for hydroxylation is 2. The highest BCUT2D eigenvalue weighted by atomic mass is 127. The molecule has 0 aliphatic heterocycles. The maximum atomic E-state index is 13.6. The first-order valence-corrected chi connectivity index (χ1v) is 7.21. The van der Waals surface area contributed by atoms with Crippen molar-refractivity contribution in [3.63, 3.8) is 0 Å². The molecule has 0 saturated heterocycles. The van der Waals surface area contributed by atoms with Gasteiger partial charge in [0, 0.05) is 31.3 Å². The predicted octanol–water partition coefficient (Wildman–Crippen LogP) is 2.96. The van der Waals surface area contributed by atoms with E-state index in [0.29, 0.717) is 24.6 Å². The third-order valence-electron chi connectivity index (χ3n) is 3.48. The molecule has 0 radical (unpaired) electrons. The van der Waals surface area contributed by atoms with Crippen molar-refractivity contribution in [1.82, 2.24) is 15.8 Å². The lowest BCUT2D eigenvalue weighted by Gasteiger charge is -2.12. The van der Waals surface area contributed by atoms with Gasteiger partial charge in [-0.25, -0.2) is 4.39 Å². The number of rotatable bonds is 5. The lowest BCUT2D eigenvalue weighted by atomic mass is 10.1. The van der Waals surface area contributed by atoms with Crippen LogP contribution >= 0.6 is 24.0 Å². The molecule has 0 fully saturated rings. The molecule has 23 heavy (non-hydrogen) atoms. The zero-order valence-corrected chi connectivity index (χ0v) is 15.8. The number of nitrogens with one attached hydrogen (secondary N) is 2. The molecule has 0 unspecified atom stereocenters. The molecule has 1 heterocycles. The molecular formula is C16H22FIN4O. The summed E-state index contributed by atoms with van der Waals surface area (Å²) in [5, 5.41) is 10.2. The number of guanidine groups is 1. The van der Waals surface area contributed by atoms with E-state index in [-0.39, 0.29) is 29.8 Å². The van der Waals surface area contributed by atoms with Crippen LogP contribution in [0.2, 0.25) is 0 Å². The molecule has 0 spiro atoms. The molecule has 1 aromatic heterocycles. The second-order valence-electron chi connectivity index (χ2n) is 5.00. The highest BCUT2D eigenvalue weighted by Crippen LogP contribution is 2.12. The summed E-state index contributed by atoms with van der Waals surface area (Å²) in [6.45, 7) is 4.91. The average molecular weight is 432 g/mol. The topological polar surface area (TPSA) is 62.5 Å². The molecule has 0 atom stereocenters. The van der Waals surface area contributed by atoms with Crippen LogP contribution in [0.1, 0.15) is 22.6 Å². The normalized spacial score (nSPS) is 11.0. The Balaban J connectivity index is 0.00000264. The van der Waals surface area contributed by atoms with Crippen molar-refractivity contribution in [3.8, 4) is 0 Å². The van der Waals surface area contributed by atoms with E-state index in [1.165, 1.54) is 6.07 Å². The largest absolute Gasteiger partial charge is 0.361 e. The maximum absolute atomic E-state index is 13.6. The first-order valence-electron chi connectivity index (χ1n) is 7.21. The van der Waals surface area contributed by atoms with Crippen molar-refractivity contribution in [2.45, 2.75) is 26.8 Å². The Bertz CT molecular complexity index is 638. The third kappa shape index (κ3) is 5.49. The Morgan fingerprint density at radius 3 is 2.61 bits per heavy atom. The molecule has 126 valence electrons. The molecule has 0 amide bonds. The van der Waals surface area contributed by atoms with Crippen molar-refractivity contribution >= 4 is 29.9 Å². The standard InChI is InChI=1S/C16H21FN4O.HI/c1-11-14(12(2)22-21-11)8-9-19-16(18-3)20-10-13-6-4-5-7-15(13)17;/h4-7H,8-10H2,1-3H3,(H2,18,19,20);1H. The Morgan fingerprint density at radius 2 is 2.00 bits per heavy atom. The van der Waals surface area contributed by atoms with Gasteiger partial charge in [0.2, 0.25) is 0 Å². The number of benzene rings is 1. The van der Waals surface area contributed by atoms with E-state index in [0.717, 1.165) is 23.4 Å². The maximum Gasteiger partial charge on any atom is 0.191 e. The molecule has 2 rings (SSSR count). The van der Waals surface area contributed by atoms with Gasteiger partial charge in [0.1, 0.15) is 11.6 Å². The summed E-state index contributed by atoms with van der Waals surface area (Å²) in [6, 6.07) is 6.69. The SMILES string of the molecule is CN=C(NCCc1c(C)noc1C)NCc1ccccc1F.I. The molecule has 0 aliphatic rings. The zero-order chi connectivity index (χ0) is 15.9. The monoisotopic (exact) mass is 432 g/mol. The number of hydrogen-bond acceptors (Lipinski definition) is 3. The number of nitrogens with zero attached hydrogens (tertiary/aromatic N) is 2. The summed E-state index contributed by atoms with van der Waals surface area (Å²) in [4.78, 5) is 4.13. The van der Waals surface area contributed by atoms with Crippen LogP contribution < -0.4 is 10.6 Å². The summed E-state index contributed by atoms with van der Waals surface area (Å²) < 4.78 is 18.7. The van der Waals surface area contributed by atoms with Crippen molar-refractivity contribution in [2.24, 2.45) is 4.99 Å². The minimum atomic E-state index is -0.221. The number of aromatic nitrogens is 1. The number of hydrogen-bond donors (Lipinski definition) is 2. The van der Waals surface area contributed by atoms with Crippen LogP contribution in [0, 0.1) is 19.7 Å². The molecule has 2 aromatic rings. The van der Waals surface area contributed by atoms with Crippen molar-refractivity contribution < 1.29 is 8.91 Å². The molecule has 0 saturated carbocycles. The zero-order valence-electron chi connectivity index (χ0n) is 13.5. The molecule has 5 nitrogen and oxygen atoms in total. The van der Waals surface area contributed by atoms with Gasteiger partial charge in [-0.05, 0) is 26.3 Å². The molecule has 7 heteroatoms. The van der Waals surface area contributed by atoms with Gasteiger partial charge in [0.05, 0.1) is 5.69 Å². The molecule has 0 bridgehead atoms. The van der Waals surface area contributed by atoms with Crippen LogP contribution in [0.3, 0.4) is 0 Å². The van der Waals surface area contributed by atoms with Crippen LogP contribution in [0.5, 0.6) is 0 Å². The Morgan fingerprint density at radius 1 is 1.26 bits per heavy atom. The van der Waals surface area contributed by atoms with E-state index in [2.05, 4.69) is 20.8 Å². The summed E-state index contributed by atoms with van der Waals surface area (Å²) >= 11 is 0. The Kier molecular flexibility index (Phi) is 8.01. The first-order chi connectivity index (χ1) is 10.6. The lowest BCUT2D eigenvalue weighted by molar-refractivity contribution is 0.392. The van der Waals surface area contributed by atoms with E-state index in [4.69, 9.17) is 4.52 Å². The van der Waals surface area contributed by atoms with E-state index < -0.39 is 0 Å². The lowest BCUT2D eigenvalue weighted by Crippen LogP contribution is -2.38. The van der Waals surface area contributed by atoms with Crippen molar-refractivity contribution in [3.05, 3.63) is 52.7 Å². The van der Waals surface area contributed by atoms with Crippen molar-refractivity contribution in [2.75, 3.05) is 13.6 Å². The average Bonchev–Trinajstić information content (AvgIpc) is 2.83. The highest BCUT2D eigenvalue weighted by molar-refractivity contribution is 14.0. The van der Waals surface area contributed by atoms with Crippen molar-refractivity contribution in [1.29, 1.82) is 0 Å². The van der Waals surface area contributed by atoms with Crippen LogP contribution in [0.4, 0.5) is 4.39 Å². The van der Waals surface area contributed by atoms with Gasteiger partial charge in [-0.1, -0.05) is 23.4 Å². The molecule has 0 aliphatic carbocycles. The van der Waals surface area contributed by atoms with Crippen LogP contribution in [-0.4, -0.2) is 24.7 Å². The minimum Gasteiger partial charge on any atom is -0.361 e. The Labute approximate surface area is 152 Å². The van der Waals surface area contributed by atoms with E-state index >= 15 is 0 Å². The quantitative estimate of drug-likeness (QED) is 0.434. The van der Waals surface area contributed by atoms with Gasteiger partial charge < -0.3 is 15.2 Å². The van der Waals surface area contributed by atoms with Crippen LogP contribution in [-0.2, 0) is 13.0 Å². The fraction of sp³-hybridized carbons (Fsp3) is 0.375. The van der Waals surface area contributed by atoms with E-state index in [1.807, 2.05) is 19.9 Å². The van der Waals surface area contributed by atoms with Gasteiger partial charge >= 0.3 is 0 Å². The minimum absolute atomic E-state index is 0. The number of halogens is 2. The fourth-order valence-electron chi connectivity index (χ4n) is 2.21. The fourth-order valence-corrected chi connectivity index (χ4v) is 2.21. The summed E-state index contributed by atoms with van der Waals surface area (Å²) in [5.41, 5.74) is 2.63.